The van der Waals surface area contributed by atoms with E-state index in [1.54, 1.807) is 0 Å². The van der Waals surface area contributed by atoms with Gasteiger partial charge in [0.1, 0.15) is 24.4 Å². The quantitative estimate of drug-likeness (QED) is 0.709. The summed E-state index contributed by atoms with van der Waals surface area (Å²) >= 11 is 0. The Bertz CT molecular complexity index is 404. The number of ether oxygens (including phenoxy) is 5. The van der Waals surface area contributed by atoms with E-state index in [9.17, 15) is 4.79 Å². The Balaban J connectivity index is 1.91. The van der Waals surface area contributed by atoms with Gasteiger partial charge in [-0.25, -0.2) is 0 Å². The zero-order valence-corrected chi connectivity index (χ0v) is 11.8. The number of rotatable bonds is 1. The number of hydrogen-bond acceptors (Lipinski definition) is 6. The molecule has 0 aromatic carbocycles. The summed E-state index contributed by atoms with van der Waals surface area (Å²) in [5.41, 5.74) is 0. The van der Waals surface area contributed by atoms with Gasteiger partial charge in [0.15, 0.2) is 23.6 Å². The number of carbonyl (C=O) groups is 1. The van der Waals surface area contributed by atoms with Crippen LogP contribution in [0.1, 0.15) is 34.6 Å². The average Bonchev–Trinajstić information content (AvgIpc) is 2.70. The molecule has 0 saturated carbocycles. The molecule has 0 aromatic rings. The van der Waals surface area contributed by atoms with E-state index in [0.717, 1.165) is 0 Å². The Labute approximate surface area is 112 Å². The van der Waals surface area contributed by atoms with Crippen molar-refractivity contribution in [1.82, 2.24) is 0 Å². The molecular weight excluding hydrogens is 252 g/mol. The molecular formula is C13H20O6. The first-order valence-corrected chi connectivity index (χ1v) is 6.56. The molecule has 5 atom stereocenters. The molecule has 3 saturated heterocycles. The van der Waals surface area contributed by atoms with Gasteiger partial charge in [0.05, 0.1) is 0 Å². The van der Waals surface area contributed by atoms with Gasteiger partial charge >= 0.3 is 0 Å². The summed E-state index contributed by atoms with van der Waals surface area (Å²) < 4.78 is 28.9. The molecule has 0 aromatic heterocycles. The standard InChI is InChI=1S/C13H20O6/c1-6(14)7-8-9(17-12(2,3)16-8)10-11(15-7)19-13(4,5)18-10/h7-11H,1-5H3/t7-,8+,9+,10-,11-/m1/s1. The molecule has 3 rings (SSSR count). The van der Waals surface area contributed by atoms with Crippen LogP contribution in [0.3, 0.4) is 0 Å². The lowest BCUT2D eigenvalue weighted by Gasteiger charge is -2.35. The van der Waals surface area contributed by atoms with Gasteiger partial charge in [-0.15, -0.1) is 0 Å². The van der Waals surface area contributed by atoms with Gasteiger partial charge in [-0.05, 0) is 34.6 Å². The topological polar surface area (TPSA) is 63.2 Å². The highest BCUT2D eigenvalue weighted by atomic mass is 16.9. The lowest BCUT2D eigenvalue weighted by atomic mass is 9.97. The van der Waals surface area contributed by atoms with Gasteiger partial charge in [0.25, 0.3) is 0 Å². The van der Waals surface area contributed by atoms with Crippen LogP contribution in [0.2, 0.25) is 0 Å². The van der Waals surface area contributed by atoms with Crippen molar-refractivity contribution in [3.8, 4) is 0 Å². The van der Waals surface area contributed by atoms with Gasteiger partial charge in [-0.3, -0.25) is 4.79 Å². The number of Topliss-reactive ketones (excluding diaryl/α,β-unsaturated/α-hetero) is 1. The maximum Gasteiger partial charge on any atom is 0.190 e. The summed E-state index contributed by atoms with van der Waals surface area (Å²) in [5.74, 6) is -1.60. The van der Waals surface area contributed by atoms with Gasteiger partial charge < -0.3 is 23.7 Å². The highest BCUT2D eigenvalue weighted by Gasteiger charge is 2.61. The maximum absolute atomic E-state index is 11.7. The monoisotopic (exact) mass is 272 g/mol. The Hall–Kier alpha value is -0.530. The van der Waals surface area contributed by atoms with E-state index in [1.165, 1.54) is 6.92 Å². The first kappa shape index (κ1) is 13.5. The fraction of sp³-hybridized carbons (Fsp3) is 0.923. The Kier molecular flexibility index (Phi) is 2.82. The second-order valence-corrected chi connectivity index (χ2v) is 6.20. The first-order chi connectivity index (χ1) is 8.69. The van der Waals surface area contributed by atoms with Crippen LogP contribution in [0.5, 0.6) is 0 Å². The van der Waals surface area contributed by atoms with E-state index in [1.807, 2.05) is 27.7 Å². The molecule has 3 aliphatic rings. The molecule has 3 aliphatic heterocycles. The van der Waals surface area contributed by atoms with Crippen molar-refractivity contribution in [2.24, 2.45) is 0 Å². The van der Waals surface area contributed by atoms with Crippen molar-refractivity contribution in [2.45, 2.75) is 76.9 Å². The molecule has 0 bridgehead atoms. The van der Waals surface area contributed by atoms with Crippen LogP contribution in [0.4, 0.5) is 0 Å². The predicted molar refractivity (Wildman–Crippen MR) is 63.2 cm³/mol. The molecule has 0 spiro atoms. The summed E-state index contributed by atoms with van der Waals surface area (Å²) in [6, 6.07) is 0. The Morgan fingerprint density at radius 3 is 2.00 bits per heavy atom. The summed E-state index contributed by atoms with van der Waals surface area (Å²) in [6.45, 7) is 8.75. The third-order valence-electron chi connectivity index (χ3n) is 3.56. The zero-order valence-electron chi connectivity index (χ0n) is 11.8. The van der Waals surface area contributed by atoms with Gasteiger partial charge in [-0.2, -0.15) is 0 Å². The number of hydrogen-bond donors (Lipinski definition) is 0. The summed E-state index contributed by atoms with van der Waals surface area (Å²) in [4.78, 5) is 11.7. The van der Waals surface area contributed by atoms with E-state index < -0.39 is 30.1 Å². The Morgan fingerprint density at radius 1 is 0.842 bits per heavy atom. The lowest BCUT2D eigenvalue weighted by molar-refractivity contribution is -0.230. The number of fused-ring (bicyclic) bond motifs is 3. The smallest absolute Gasteiger partial charge is 0.190 e. The molecule has 0 radical (unpaired) electrons. The van der Waals surface area contributed by atoms with Gasteiger partial charge in [0.2, 0.25) is 0 Å². The van der Waals surface area contributed by atoms with Crippen LogP contribution in [-0.4, -0.2) is 48.1 Å². The fourth-order valence-electron chi connectivity index (χ4n) is 2.94. The number of carbonyl (C=O) groups excluding carboxylic acids is 1. The van der Waals surface area contributed by atoms with E-state index in [2.05, 4.69) is 0 Å². The molecule has 0 aliphatic carbocycles. The van der Waals surface area contributed by atoms with Crippen LogP contribution in [0.15, 0.2) is 0 Å². The van der Waals surface area contributed by atoms with E-state index in [-0.39, 0.29) is 18.0 Å². The molecule has 3 fully saturated rings. The minimum Gasteiger partial charge on any atom is -0.342 e. The van der Waals surface area contributed by atoms with Crippen LogP contribution in [0.25, 0.3) is 0 Å². The molecule has 0 amide bonds. The van der Waals surface area contributed by atoms with Gasteiger partial charge in [0, 0.05) is 0 Å². The normalized spacial score (nSPS) is 46.7. The largest absolute Gasteiger partial charge is 0.342 e. The third-order valence-corrected chi connectivity index (χ3v) is 3.56. The molecule has 0 N–H and O–H groups in total. The summed E-state index contributed by atoms with van der Waals surface area (Å²) in [7, 11) is 0. The van der Waals surface area contributed by atoms with Crippen LogP contribution < -0.4 is 0 Å². The van der Waals surface area contributed by atoms with Crippen molar-refractivity contribution in [1.29, 1.82) is 0 Å². The molecule has 6 nitrogen and oxygen atoms in total. The average molecular weight is 272 g/mol. The molecule has 6 heteroatoms. The van der Waals surface area contributed by atoms with Gasteiger partial charge in [-0.1, -0.05) is 0 Å². The second-order valence-electron chi connectivity index (χ2n) is 6.20. The highest BCUT2D eigenvalue weighted by molar-refractivity contribution is 5.81. The maximum atomic E-state index is 11.7. The van der Waals surface area contributed by atoms with Crippen molar-refractivity contribution in [3.63, 3.8) is 0 Å². The minimum absolute atomic E-state index is 0.0944. The van der Waals surface area contributed by atoms with Crippen molar-refractivity contribution in [2.75, 3.05) is 0 Å². The summed E-state index contributed by atoms with van der Waals surface area (Å²) in [6.07, 6.45) is -2.46. The van der Waals surface area contributed by atoms with Crippen LogP contribution >= 0.6 is 0 Å². The number of ketones is 1. The predicted octanol–water partition coefficient (Wildman–Crippen LogP) is 0.972. The molecule has 0 unspecified atom stereocenters. The fourth-order valence-corrected chi connectivity index (χ4v) is 2.94. The van der Waals surface area contributed by atoms with Crippen molar-refractivity contribution >= 4 is 5.78 Å². The first-order valence-electron chi connectivity index (χ1n) is 6.56. The molecule has 108 valence electrons. The molecule has 19 heavy (non-hydrogen) atoms. The van der Waals surface area contributed by atoms with Crippen LogP contribution in [0, 0.1) is 0 Å². The van der Waals surface area contributed by atoms with Crippen molar-refractivity contribution in [3.05, 3.63) is 0 Å². The van der Waals surface area contributed by atoms with E-state index in [0.29, 0.717) is 0 Å². The van der Waals surface area contributed by atoms with Crippen LogP contribution in [-0.2, 0) is 28.5 Å². The zero-order chi connectivity index (χ0) is 14.0. The third kappa shape index (κ3) is 2.21. The van der Waals surface area contributed by atoms with E-state index in [4.69, 9.17) is 23.7 Å². The van der Waals surface area contributed by atoms with E-state index >= 15 is 0 Å². The lowest BCUT2D eigenvalue weighted by Crippen LogP contribution is -2.57. The minimum atomic E-state index is -0.753. The Morgan fingerprint density at radius 2 is 1.37 bits per heavy atom. The molecule has 3 heterocycles. The summed E-state index contributed by atoms with van der Waals surface area (Å²) in [5, 5.41) is 0. The van der Waals surface area contributed by atoms with Crippen molar-refractivity contribution < 1.29 is 28.5 Å². The second kappa shape index (κ2) is 3.99. The highest BCUT2D eigenvalue weighted by Crippen LogP contribution is 2.44. The SMILES string of the molecule is CC(=O)[C@H]1O[C@@H]2OC(C)(C)O[C@@H]2[C@H]2OC(C)(C)O[C@H]21.